The third kappa shape index (κ3) is 3.86. The molecule has 1 aromatic heterocycles. The van der Waals surface area contributed by atoms with Crippen LogP contribution in [0.25, 0.3) is 0 Å². The van der Waals surface area contributed by atoms with Crippen LogP contribution in [0.3, 0.4) is 0 Å². The summed E-state index contributed by atoms with van der Waals surface area (Å²) < 4.78 is 1.57. The number of thioether (sulfide) groups is 1. The zero-order valence-electron chi connectivity index (χ0n) is 12.1. The lowest BCUT2D eigenvalue weighted by molar-refractivity contribution is -0.384. The monoisotopic (exact) mass is 286 g/mol. The van der Waals surface area contributed by atoms with Crippen molar-refractivity contribution in [3.05, 3.63) is 15.8 Å². The minimum atomic E-state index is -0.343. The Labute approximate surface area is 118 Å². The van der Waals surface area contributed by atoms with Gasteiger partial charge in [-0.3, -0.25) is 10.1 Å². The average molecular weight is 286 g/mol. The molecule has 0 saturated carbocycles. The quantitative estimate of drug-likeness (QED) is 0.616. The van der Waals surface area contributed by atoms with Crippen molar-refractivity contribution in [1.82, 2.24) is 9.78 Å². The van der Waals surface area contributed by atoms with E-state index in [0.717, 1.165) is 11.5 Å². The normalized spacial score (nSPS) is 12.7. The van der Waals surface area contributed by atoms with E-state index < -0.39 is 0 Å². The fourth-order valence-corrected chi connectivity index (χ4v) is 2.51. The summed E-state index contributed by atoms with van der Waals surface area (Å²) in [6.45, 7) is 7.94. The maximum absolute atomic E-state index is 11.3. The molecule has 19 heavy (non-hydrogen) atoms. The molecule has 108 valence electrons. The van der Waals surface area contributed by atoms with E-state index in [1.807, 2.05) is 20.8 Å². The molecule has 6 nitrogen and oxygen atoms in total. The standard InChI is InChI=1S/C12H22N4O2S/c1-6-19-7-9(4)13-12-11(16(17)18)10(8(2)3)14-15(12)5/h8-9,13H,6-7H2,1-5H3. The van der Waals surface area contributed by atoms with Crippen molar-refractivity contribution in [2.24, 2.45) is 7.05 Å². The molecule has 1 aromatic rings. The molecule has 0 fully saturated rings. The van der Waals surface area contributed by atoms with Gasteiger partial charge in [0.1, 0.15) is 5.69 Å². The molecule has 0 bridgehead atoms. The number of anilines is 1. The van der Waals surface area contributed by atoms with Crippen LogP contribution in [0.4, 0.5) is 11.5 Å². The molecule has 1 unspecified atom stereocenters. The van der Waals surface area contributed by atoms with Crippen LogP contribution in [-0.4, -0.2) is 32.3 Å². The average Bonchev–Trinajstić information content (AvgIpc) is 2.64. The van der Waals surface area contributed by atoms with Gasteiger partial charge >= 0.3 is 5.69 Å². The van der Waals surface area contributed by atoms with Crippen molar-refractivity contribution in [1.29, 1.82) is 0 Å². The first-order valence-electron chi connectivity index (χ1n) is 6.44. The Morgan fingerprint density at radius 2 is 2.11 bits per heavy atom. The van der Waals surface area contributed by atoms with Crippen LogP contribution < -0.4 is 5.32 Å². The zero-order chi connectivity index (χ0) is 14.6. The highest BCUT2D eigenvalue weighted by atomic mass is 32.2. The van der Waals surface area contributed by atoms with Crippen molar-refractivity contribution in [3.8, 4) is 0 Å². The Morgan fingerprint density at radius 3 is 2.58 bits per heavy atom. The molecule has 1 N–H and O–H groups in total. The number of nitrogens with zero attached hydrogens (tertiary/aromatic N) is 3. The van der Waals surface area contributed by atoms with Gasteiger partial charge in [-0.05, 0) is 12.7 Å². The number of aryl methyl sites for hydroxylation is 1. The van der Waals surface area contributed by atoms with E-state index in [1.165, 1.54) is 0 Å². The van der Waals surface area contributed by atoms with Crippen molar-refractivity contribution < 1.29 is 4.92 Å². The molecule has 0 aromatic carbocycles. The zero-order valence-corrected chi connectivity index (χ0v) is 13.0. The van der Waals surface area contributed by atoms with E-state index in [4.69, 9.17) is 0 Å². The number of rotatable bonds is 7. The summed E-state index contributed by atoms with van der Waals surface area (Å²) >= 11 is 1.81. The molecule has 0 aliphatic rings. The van der Waals surface area contributed by atoms with Crippen LogP contribution in [0, 0.1) is 10.1 Å². The molecule has 1 atom stereocenters. The number of aromatic nitrogens is 2. The van der Waals surface area contributed by atoms with Crippen molar-refractivity contribution in [2.45, 2.75) is 39.7 Å². The van der Waals surface area contributed by atoms with Gasteiger partial charge in [-0.1, -0.05) is 20.8 Å². The highest BCUT2D eigenvalue weighted by molar-refractivity contribution is 7.99. The summed E-state index contributed by atoms with van der Waals surface area (Å²) in [7, 11) is 1.74. The molecular formula is C12H22N4O2S. The maximum atomic E-state index is 11.3. The fraction of sp³-hybridized carbons (Fsp3) is 0.750. The predicted octanol–water partition coefficient (Wildman–Crippen LogP) is 3.01. The van der Waals surface area contributed by atoms with E-state index in [-0.39, 0.29) is 22.6 Å². The third-order valence-electron chi connectivity index (χ3n) is 2.73. The lowest BCUT2D eigenvalue weighted by atomic mass is 10.1. The Bertz CT molecular complexity index is 445. The van der Waals surface area contributed by atoms with Gasteiger partial charge in [-0.25, -0.2) is 4.68 Å². The van der Waals surface area contributed by atoms with Crippen LogP contribution in [0.2, 0.25) is 0 Å². The number of nitro groups is 1. The number of hydrogen-bond acceptors (Lipinski definition) is 5. The second-order valence-electron chi connectivity index (χ2n) is 4.82. The fourth-order valence-electron chi connectivity index (χ4n) is 1.83. The first-order valence-corrected chi connectivity index (χ1v) is 7.59. The smallest absolute Gasteiger partial charge is 0.334 e. The molecule has 1 rings (SSSR count). The van der Waals surface area contributed by atoms with Crippen molar-refractivity contribution in [2.75, 3.05) is 16.8 Å². The van der Waals surface area contributed by atoms with Gasteiger partial charge in [0.25, 0.3) is 0 Å². The number of nitrogens with one attached hydrogen (secondary N) is 1. The summed E-state index contributed by atoms with van der Waals surface area (Å²) in [4.78, 5) is 10.9. The molecule has 0 saturated heterocycles. The van der Waals surface area contributed by atoms with Crippen molar-refractivity contribution in [3.63, 3.8) is 0 Å². The summed E-state index contributed by atoms with van der Waals surface area (Å²) in [5.74, 6) is 2.48. The number of hydrogen-bond donors (Lipinski definition) is 1. The Morgan fingerprint density at radius 1 is 1.47 bits per heavy atom. The maximum Gasteiger partial charge on any atom is 0.334 e. The first-order chi connectivity index (χ1) is 8.88. The summed E-state index contributed by atoms with van der Waals surface area (Å²) in [5, 5.41) is 18.7. The Balaban J connectivity index is 3.02. The Hall–Kier alpha value is -1.24. The van der Waals surface area contributed by atoms with Gasteiger partial charge in [0.05, 0.1) is 4.92 Å². The molecule has 1 heterocycles. The summed E-state index contributed by atoms with van der Waals surface area (Å²) in [6.07, 6.45) is 0. The highest BCUT2D eigenvalue weighted by Crippen LogP contribution is 2.33. The summed E-state index contributed by atoms with van der Waals surface area (Å²) in [6, 6.07) is 0.166. The lowest BCUT2D eigenvalue weighted by Gasteiger charge is -2.13. The minimum absolute atomic E-state index is 0.0301. The van der Waals surface area contributed by atoms with Gasteiger partial charge in [-0.2, -0.15) is 16.9 Å². The van der Waals surface area contributed by atoms with E-state index in [9.17, 15) is 10.1 Å². The van der Waals surface area contributed by atoms with Gasteiger partial charge in [0, 0.05) is 24.8 Å². The third-order valence-corrected chi connectivity index (χ3v) is 3.88. The van der Waals surface area contributed by atoms with Gasteiger partial charge in [-0.15, -0.1) is 0 Å². The van der Waals surface area contributed by atoms with E-state index in [1.54, 1.807) is 23.5 Å². The van der Waals surface area contributed by atoms with Crippen LogP contribution in [-0.2, 0) is 7.05 Å². The second kappa shape index (κ2) is 6.79. The van der Waals surface area contributed by atoms with Crippen LogP contribution in [0.15, 0.2) is 0 Å². The van der Waals surface area contributed by atoms with Crippen LogP contribution in [0.5, 0.6) is 0 Å². The topological polar surface area (TPSA) is 73.0 Å². The SMILES string of the molecule is CCSCC(C)Nc1c([N+](=O)[O-])c(C(C)C)nn1C. The minimum Gasteiger partial charge on any atom is -0.361 e. The summed E-state index contributed by atoms with van der Waals surface area (Å²) in [5.41, 5.74) is 0.635. The molecule has 7 heteroatoms. The molecule has 0 aliphatic carbocycles. The molecule has 0 spiro atoms. The highest BCUT2D eigenvalue weighted by Gasteiger charge is 2.28. The van der Waals surface area contributed by atoms with Crippen LogP contribution in [0.1, 0.15) is 39.3 Å². The van der Waals surface area contributed by atoms with Crippen LogP contribution >= 0.6 is 11.8 Å². The lowest BCUT2D eigenvalue weighted by Crippen LogP contribution is -2.20. The van der Waals surface area contributed by atoms with Gasteiger partial charge in [0.15, 0.2) is 0 Å². The van der Waals surface area contributed by atoms with Gasteiger partial charge < -0.3 is 5.32 Å². The predicted molar refractivity (Wildman–Crippen MR) is 80.0 cm³/mol. The van der Waals surface area contributed by atoms with E-state index in [2.05, 4.69) is 17.3 Å². The first kappa shape index (κ1) is 15.8. The molecule has 0 radical (unpaired) electrons. The Kier molecular flexibility index (Phi) is 5.65. The van der Waals surface area contributed by atoms with Crippen molar-refractivity contribution >= 4 is 23.3 Å². The van der Waals surface area contributed by atoms with E-state index >= 15 is 0 Å². The molecular weight excluding hydrogens is 264 g/mol. The molecule has 0 amide bonds. The van der Waals surface area contributed by atoms with E-state index in [0.29, 0.717) is 11.5 Å². The molecule has 0 aliphatic heterocycles. The second-order valence-corrected chi connectivity index (χ2v) is 6.14. The largest absolute Gasteiger partial charge is 0.361 e. The van der Waals surface area contributed by atoms with Gasteiger partial charge in [0.2, 0.25) is 5.82 Å².